The van der Waals surface area contributed by atoms with Crippen LogP contribution in [0.15, 0.2) is 6.07 Å². The number of carbonyl (C=O) groups is 1. The minimum atomic E-state index is -2.70. The Morgan fingerprint density at radius 3 is 2.52 bits per heavy atom. The van der Waals surface area contributed by atoms with Crippen LogP contribution in [-0.2, 0) is 4.79 Å². The van der Waals surface area contributed by atoms with Crippen molar-refractivity contribution >= 4 is 17.7 Å². The predicted octanol–water partition coefficient (Wildman–Crippen LogP) is 1.14. The van der Waals surface area contributed by atoms with Gasteiger partial charge in [0.1, 0.15) is 11.5 Å². The van der Waals surface area contributed by atoms with Gasteiger partial charge in [-0.05, 0) is 24.7 Å². The van der Waals surface area contributed by atoms with Gasteiger partial charge < -0.3 is 20.0 Å². The van der Waals surface area contributed by atoms with Gasteiger partial charge in [-0.25, -0.2) is 13.8 Å². The number of anilines is 2. The second kappa shape index (κ2) is 5.76. The summed E-state index contributed by atoms with van der Waals surface area (Å²) in [5.41, 5.74) is -0.323. The molecule has 136 valence electrons. The predicted molar refractivity (Wildman–Crippen MR) is 84.7 cm³/mol. The molecule has 2 N–H and O–H groups in total. The van der Waals surface area contributed by atoms with Crippen LogP contribution in [0.25, 0.3) is 0 Å². The molecule has 0 amide bonds. The molecule has 7 nitrogen and oxygen atoms in total. The SMILES string of the molecule is C[C@H]1[C@H](O)CN1c1nc(C(F)F)cc(N2CC3C(CC(=O)O)C3C2)n1. The first kappa shape index (κ1) is 16.4. The van der Waals surface area contributed by atoms with Gasteiger partial charge in [0.15, 0.2) is 0 Å². The van der Waals surface area contributed by atoms with Crippen molar-refractivity contribution in [2.45, 2.75) is 31.9 Å². The number of fused-ring (bicyclic) bond motifs is 1. The second-order valence-electron chi connectivity index (χ2n) is 7.21. The van der Waals surface area contributed by atoms with E-state index >= 15 is 0 Å². The van der Waals surface area contributed by atoms with E-state index in [2.05, 4.69) is 9.97 Å². The zero-order valence-electron chi connectivity index (χ0n) is 13.7. The molecule has 0 aromatic carbocycles. The van der Waals surface area contributed by atoms with Gasteiger partial charge in [-0.2, -0.15) is 4.98 Å². The van der Waals surface area contributed by atoms with Crippen LogP contribution in [0.1, 0.15) is 25.5 Å². The lowest BCUT2D eigenvalue weighted by molar-refractivity contribution is -0.137. The summed E-state index contributed by atoms with van der Waals surface area (Å²) in [5.74, 6) is 0.669. The van der Waals surface area contributed by atoms with Gasteiger partial charge in [-0.1, -0.05) is 0 Å². The zero-order chi connectivity index (χ0) is 17.9. The number of carboxylic acid groups (broad SMARTS) is 1. The number of rotatable bonds is 5. The summed E-state index contributed by atoms with van der Waals surface area (Å²) in [6, 6.07) is 1.11. The van der Waals surface area contributed by atoms with Crippen LogP contribution in [0.2, 0.25) is 0 Å². The van der Waals surface area contributed by atoms with E-state index in [0.717, 1.165) is 0 Å². The third-order valence-corrected chi connectivity index (χ3v) is 5.74. The molecule has 0 bridgehead atoms. The Morgan fingerprint density at radius 2 is 2.00 bits per heavy atom. The molecule has 4 atom stereocenters. The molecule has 2 saturated heterocycles. The number of alkyl halides is 2. The summed E-state index contributed by atoms with van der Waals surface area (Å²) in [4.78, 5) is 22.8. The lowest BCUT2D eigenvalue weighted by Gasteiger charge is -2.43. The lowest BCUT2D eigenvalue weighted by Crippen LogP contribution is -2.59. The lowest BCUT2D eigenvalue weighted by atomic mass is 10.0. The molecule has 1 aliphatic carbocycles. The maximum absolute atomic E-state index is 13.2. The molecule has 0 radical (unpaired) electrons. The van der Waals surface area contributed by atoms with Gasteiger partial charge in [-0.3, -0.25) is 4.79 Å². The standard InChI is InChI=1S/C16H20F2N4O3/c1-7-12(23)6-22(7)16-19-11(15(17)18)3-13(20-16)21-4-9-8(2-14(24)25)10(9)5-21/h3,7-10,12,15,23H,2,4-6H2,1H3,(H,24,25)/t7-,8?,9?,10?,12+/m0/s1. The van der Waals surface area contributed by atoms with E-state index < -0.39 is 18.5 Å². The first-order chi connectivity index (χ1) is 11.8. The smallest absolute Gasteiger partial charge is 0.303 e. The van der Waals surface area contributed by atoms with Gasteiger partial charge in [-0.15, -0.1) is 0 Å². The molecule has 3 heterocycles. The maximum atomic E-state index is 13.2. The highest BCUT2D eigenvalue weighted by Gasteiger charge is 2.56. The molecule has 3 aliphatic rings. The Labute approximate surface area is 143 Å². The molecule has 2 unspecified atom stereocenters. The Balaban J connectivity index is 1.52. The largest absolute Gasteiger partial charge is 0.481 e. The number of nitrogens with zero attached hydrogens (tertiary/aromatic N) is 4. The van der Waals surface area contributed by atoms with E-state index in [0.29, 0.717) is 37.3 Å². The van der Waals surface area contributed by atoms with Gasteiger partial charge in [0.05, 0.1) is 12.1 Å². The highest BCUT2D eigenvalue weighted by molar-refractivity contribution is 5.68. The second-order valence-corrected chi connectivity index (χ2v) is 7.21. The fourth-order valence-electron chi connectivity index (χ4n) is 4.04. The fourth-order valence-corrected chi connectivity index (χ4v) is 4.04. The Bertz CT molecular complexity index is 692. The summed E-state index contributed by atoms with van der Waals surface area (Å²) in [5, 5.41) is 18.5. The molecule has 1 aromatic heterocycles. The van der Waals surface area contributed by atoms with Gasteiger partial charge in [0, 0.05) is 32.1 Å². The minimum Gasteiger partial charge on any atom is -0.481 e. The third kappa shape index (κ3) is 2.80. The Kier molecular flexibility index (Phi) is 3.78. The van der Waals surface area contributed by atoms with E-state index in [1.165, 1.54) is 6.07 Å². The van der Waals surface area contributed by atoms with Gasteiger partial charge in [0.25, 0.3) is 6.43 Å². The fraction of sp³-hybridized carbons (Fsp3) is 0.688. The van der Waals surface area contributed by atoms with Crippen LogP contribution in [-0.4, -0.2) is 57.9 Å². The molecular weight excluding hydrogens is 334 g/mol. The molecular formula is C16H20F2N4O3. The Morgan fingerprint density at radius 1 is 1.32 bits per heavy atom. The molecule has 2 aliphatic heterocycles. The van der Waals surface area contributed by atoms with Crippen molar-refractivity contribution in [3.63, 3.8) is 0 Å². The number of piperidine rings is 1. The van der Waals surface area contributed by atoms with E-state index in [9.17, 15) is 18.7 Å². The first-order valence-corrected chi connectivity index (χ1v) is 8.43. The van der Waals surface area contributed by atoms with Crippen molar-refractivity contribution < 1.29 is 23.8 Å². The number of hydrogen-bond donors (Lipinski definition) is 2. The molecule has 1 saturated carbocycles. The van der Waals surface area contributed by atoms with Crippen LogP contribution < -0.4 is 9.80 Å². The normalized spacial score (nSPS) is 33.4. The number of aliphatic carboxylic acids is 1. The summed E-state index contributed by atoms with van der Waals surface area (Å²) in [7, 11) is 0. The van der Waals surface area contributed by atoms with Crippen molar-refractivity contribution in [2.75, 3.05) is 29.4 Å². The summed E-state index contributed by atoms with van der Waals surface area (Å²) < 4.78 is 26.4. The number of β-amino-alcohol motifs (C(OH)–C–C–N with tert-alkyl or cyclic N) is 1. The minimum absolute atomic E-state index is 0.170. The van der Waals surface area contributed by atoms with Crippen LogP contribution in [0, 0.1) is 17.8 Å². The first-order valence-electron chi connectivity index (χ1n) is 8.43. The topological polar surface area (TPSA) is 89.8 Å². The number of hydrogen-bond acceptors (Lipinski definition) is 6. The number of aliphatic hydroxyl groups is 1. The van der Waals surface area contributed by atoms with Crippen LogP contribution in [0.4, 0.5) is 20.5 Å². The van der Waals surface area contributed by atoms with Gasteiger partial charge >= 0.3 is 5.97 Å². The summed E-state index contributed by atoms with van der Waals surface area (Å²) in [6.45, 7) is 3.41. The molecule has 3 fully saturated rings. The number of carboxylic acids is 1. The quantitative estimate of drug-likeness (QED) is 0.819. The number of halogens is 2. The maximum Gasteiger partial charge on any atom is 0.303 e. The molecule has 1 aromatic rings. The van der Waals surface area contributed by atoms with Gasteiger partial charge in [0.2, 0.25) is 5.95 Å². The van der Waals surface area contributed by atoms with Crippen molar-refractivity contribution in [1.82, 2.24) is 9.97 Å². The van der Waals surface area contributed by atoms with Crippen molar-refractivity contribution in [1.29, 1.82) is 0 Å². The van der Waals surface area contributed by atoms with Crippen LogP contribution in [0.5, 0.6) is 0 Å². The third-order valence-electron chi connectivity index (χ3n) is 5.74. The molecule has 9 heteroatoms. The Hall–Kier alpha value is -2.03. The average Bonchev–Trinajstić information content (AvgIpc) is 3.01. The summed E-state index contributed by atoms with van der Waals surface area (Å²) in [6.07, 6.45) is -3.03. The van der Waals surface area contributed by atoms with E-state index in [1.807, 2.05) is 4.90 Å². The average molecular weight is 354 g/mol. The van der Waals surface area contributed by atoms with E-state index in [4.69, 9.17) is 5.11 Å². The number of aromatic nitrogens is 2. The van der Waals surface area contributed by atoms with Crippen molar-refractivity contribution in [2.24, 2.45) is 17.8 Å². The highest BCUT2D eigenvalue weighted by atomic mass is 19.3. The monoisotopic (exact) mass is 354 g/mol. The molecule has 25 heavy (non-hydrogen) atoms. The molecule has 4 rings (SSSR count). The highest BCUT2D eigenvalue weighted by Crippen LogP contribution is 2.54. The van der Waals surface area contributed by atoms with E-state index in [-0.39, 0.29) is 30.0 Å². The van der Waals surface area contributed by atoms with Crippen LogP contribution >= 0.6 is 0 Å². The number of aliphatic hydroxyl groups excluding tert-OH is 1. The summed E-state index contributed by atoms with van der Waals surface area (Å²) >= 11 is 0. The van der Waals surface area contributed by atoms with E-state index in [1.54, 1.807) is 11.8 Å². The van der Waals surface area contributed by atoms with Crippen LogP contribution in [0.3, 0.4) is 0 Å². The molecule has 0 spiro atoms. The van der Waals surface area contributed by atoms with Crippen molar-refractivity contribution in [3.8, 4) is 0 Å². The zero-order valence-corrected chi connectivity index (χ0v) is 13.7. The van der Waals surface area contributed by atoms with Crippen molar-refractivity contribution in [3.05, 3.63) is 11.8 Å².